The third-order valence-corrected chi connectivity index (χ3v) is 4.55. The Kier molecular flexibility index (Phi) is 4.43. The molecular weight excluding hydrogens is 278 g/mol. The second kappa shape index (κ2) is 6.48. The van der Waals surface area contributed by atoms with E-state index < -0.39 is 6.04 Å². The lowest BCUT2D eigenvalue weighted by Gasteiger charge is -2.40. The van der Waals surface area contributed by atoms with Gasteiger partial charge in [0.15, 0.2) is 0 Å². The molecule has 3 N–H and O–H groups in total. The van der Waals surface area contributed by atoms with Gasteiger partial charge in [0.2, 0.25) is 11.8 Å². The second-order valence-electron chi connectivity index (χ2n) is 6.34. The third kappa shape index (κ3) is 3.47. The standard InChI is InChI=1S/C17H23N3O2/c1-11-6-8-12(9-7-11)18-16(21)10-15-17(22)20-14-5-3-2-4-13(14)19-15/h6-9,13-15,19H,2-5,10H2,1H3,(H,18,21)(H,20,22)/t13-,14-,15+/m1/s1. The molecule has 1 aliphatic heterocycles. The molecule has 3 atom stereocenters. The van der Waals surface area contributed by atoms with E-state index in [2.05, 4.69) is 16.0 Å². The zero-order valence-electron chi connectivity index (χ0n) is 12.9. The van der Waals surface area contributed by atoms with E-state index >= 15 is 0 Å². The van der Waals surface area contributed by atoms with Crippen LogP contribution < -0.4 is 16.0 Å². The summed E-state index contributed by atoms with van der Waals surface area (Å²) in [4.78, 5) is 24.3. The van der Waals surface area contributed by atoms with Crippen LogP contribution >= 0.6 is 0 Å². The Morgan fingerprint density at radius 1 is 1.18 bits per heavy atom. The minimum Gasteiger partial charge on any atom is -0.350 e. The van der Waals surface area contributed by atoms with E-state index in [-0.39, 0.29) is 24.3 Å². The summed E-state index contributed by atoms with van der Waals surface area (Å²) in [5.41, 5.74) is 1.91. The van der Waals surface area contributed by atoms with Crippen molar-refractivity contribution in [2.75, 3.05) is 5.32 Å². The normalized spacial score (nSPS) is 27.7. The van der Waals surface area contributed by atoms with Crippen molar-refractivity contribution >= 4 is 17.5 Å². The first-order valence-corrected chi connectivity index (χ1v) is 8.05. The number of aryl methyl sites for hydroxylation is 1. The van der Waals surface area contributed by atoms with Gasteiger partial charge >= 0.3 is 0 Å². The Bertz CT molecular complexity index is 556. The zero-order valence-corrected chi connectivity index (χ0v) is 12.9. The van der Waals surface area contributed by atoms with Gasteiger partial charge in [0, 0.05) is 17.8 Å². The molecule has 0 radical (unpaired) electrons. The van der Waals surface area contributed by atoms with Crippen LogP contribution in [0.1, 0.15) is 37.7 Å². The molecule has 2 fully saturated rings. The Balaban J connectivity index is 1.56. The molecule has 0 bridgehead atoms. The third-order valence-electron chi connectivity index (χ3n) is 4.55. The molecule has 3 rings (SSSR count). The number of anilines is 1. The maximum Gasteiger partial charge on any atom is 0.237 e. The summed E-state index contributed by atoms with van der Waals surface area (Å²) < 4.78 is 0. The molecule has 1 saturated heterocycles. The lowest BCUT2D eigenvalue weighted by molar-refractivity contribution is -0.129. The Morgan fingerprint density at radius 2 is 1.86 bits per heavy atom. The number of hydrogen-bond donors (Lipinski definition) is 3. The first-order chi connectivity index (χ1) is 10.6. The highest BCUT2D eigenvalue weighted by molar-refractivity contribution is 5.95. The number of carbonyl (C=O) groups excluding carboxylic acids is 2. The molecule has 5 heteroatoms. The summed E-state index contributed by atoms with van der Waals surface area (Å²) in [5.74, 6) is -0.187. The van der Waals surface area contributed by atoms with Crippen molar-refractivity contribution in [3.8, 4) is 0 Å². The van der Waals surface area contributed by atoms with E-state index in [1.165, 1.54) is 12.8 Å². The summed E-state index contributed by atoms with van der Waals surface area (Å²) in [6.07, 6.45) is 4.63. The highest BCUT2D eigenvalue weighted by atomic mass is 16.2. The van der Waals surface area contributed by atoms with E-state index in [0.717, 1.165) is 24.1 Å². The number of nitrogens with one attached hydrogen (secondary N) is 3. The molecule has 2 amide bonds. The van der Waals surface area contributed by atoms with Crippen molar-refractivity contribution < 1.29 is 9.59 Å². The van der Waals surface area contributed by atoms with Crippen LogP contribution in [0, 0.1) is 6.92 Å². The average Bonchev–Trinajstić information content (AvgIpc) is 2.50. The topological polar surface area (TPSA) is 70.2 Å². The maximum atomic E-state index is 12.1. The summed E-state index contributed by atoms with van der Waals surface area (Å²) >= 11 is 0. The summed E-state index contributed by atoms with van der Waals surface area (Å²) in [6.45, 7) is 2.00. The van der Waals surface area contributed by atoms with Gasteiger partial charge in [-0.3, -0.25) is 9.59 Å². The number of amides is 2. The predicted octanol–water partition coefficient (Wildman–Crippen LogP) is 1.72. The molecule has 1 heterocycles. The van der Waals surface area contributed by atoms with Crippen molar-refractivity contribution in [3.63, 3.8) is 0 Å². The monoisotopic (exact) mass is 301 g/mol. The summed E-state index contributed by atoms with van der Waals surface area (Å²) in [7, 11) is 0. The van der Waals surface area contributed by atoms with Gasteiger partial charge in [-0.25, -0.2) is 0 Å². The van der Waals surface area contributed by atoms with Crippen molar-refractivity contribution in [2.45, 2.75) is 57.2 Å². The van der Waals surface area contributed by atoms with E-state index in [0.29, 0.717) is 6.04 Å². The largest absolute Gasteiger partial charge is 0.350 e. The quantitative estimate of drug-likeness (QED) is 0.796. The summed E-state index contributed by atoms with van der Waals surface area (Å²) in [5, 5.41) is 9.27. The van der Waals surface area contributed by atoms with Gasteiger partial charge < -0.3 is 16.0 Å². The van der Waals surface area contributed by atoms with E-state index in [4.69, 9.17) is 0 Å². The fourth-order valence-electron chi connectivity index (χ4n) is 3.31. The lowest BCUT2D eigenvalue weighted by Crippen LogP contribution is -2.65. The molecule has 2 aliphatic rings. The molecule has 0 unspecified atom stereocenters. The van der Waals surface area contributed by atoms with Gasteiger partial charge in [0.05, 0.1) is 12.5 Å². The van der Waals surface area contributed by atoms with Crippen molar-refractivity contribution in [2.24, 2.45) is 0 Å². The van der Waals surface area contributed by atoms with Crippen LogP contribution in [0.25, 0.3) is 0 Å². The van der Waals surface area contributed by atoms with Gasteiger partial charge in [-0.05, 0) is 31.9 Å². The summed E-state index contributed by atoms with van der Waals surface area (Å²) in [6, 6.07) is 7.77. The number of rotatable bonds is 3. The zero-order chi connectivity index (χ0) is 15.5. The molecule has 118 valence electrons. The highest BCUT2D eigenvalue weighted by Gasteiger charge is 2.36. The minimum atomic E-state index is -0.426. The number of carbonyl (C=O) groups is 2. The molecule has 22 heavy (non-hydrogen) atoms. The predicted molar refractivity (Wildman–Crippen MR) is 85.5 cm³/mol. The molecule has 1 aromatic carbocycles. The average molecular weight is 301 g/mol. The van der Waals surface area contributed by atoms with Gasteiger partial charge in [0.1, 0.15) is 0 Å². The number of fused-ring (bicyclic) bond motifs is 1. The van der Waals surface area contributed by atoms with Crippen LogP contribution in [0.2, 0.25) is 0 Å². The first-order valence-electron chi connectivity index (χ1n) is 8.05. The number of piperazine rings is 1. The van der Waals surface area contributed by atoms with Crippen LogP contribution in [0.3, 0.4) is 0 Å². The molecule has 1 aromatic rings. The van der Waals surface area contributed by atoms with E-state index in [1.807, 2.05) is 31.2 Å². The molecule has 1 saturated carbocycles. The van der Waals surface area contributed by atoms with Crippen LogP contribution in [0.15, 0.2) is 24.3 Å². The Labute approximate surface area is 130 Å². The van der Waals surface area contributed by atoms with Gasteiger partial charge in [0.25, 0.3) is 0 Å². The fraction of sp³-hybridized carbons (Fsp3) is 0.529. The lowest BCUT2D eigenvalue weighted by atomic mass is 9.87. The molecule has 5 nitrogen and oxygen atoms in total. The van der Waals surface area contributed by atoms with Gasteiger partial charge in [-0.15, -0.1) is 0 Å². The smallest absolute Gasteiger partial charge is 0.237 e. The van der Waals surface area contributed by atoms with E-state index in [1.54, 1.807) is 0 Å². The van der Waals surface area contributed by atoms with Crippen LogP contribution in [-0.4, -0.2) is 29.9 Å². The van der Waals surface area contributed by atoms with E-state index in [9.17, 15) is 9.59 Å². The van der Waals surface area contributed by atoms with Crippen molar-refractivity contribution in [3.05, 3.63) is 29.8 Å². The Morgan fingerprint density at radius 3 is 2.59 bits per heavy atom. The number of hydrogen-bond acceptors (Lipinski definition) is 3. The van der Waals surface area contributed by atoms with Gasteiger partial charge in [-0.1, -0.05) is 30.5 Å². The minimum absolute atomic E-state index is 0.0535. The molecule has 0 aromatic heterocycles. The molecular formula is C17H23N3O2. The Hall–Kier alpha value is -1.88. The van der Waals surface area contributed by atoms with Crippen molar-refractivity contribution in [1.82, 2.24) is 10.6 Å². The van der Waals surface area contributed by atoms with Crippen molar-refractivity contribution in [1.29, 1.82) is 0 Å². The van der Waals surface area contributed by atoms with Crippen LogP contribution in [0.4, 0.5) is 5.69 Å². The van der Waals surface area contributed by atoms with Crippen LogP contribution in [0.5, 0.6) is 0 Å². The number of benzene rings is 1. The maximum absolute atomic E-state index is 12.1. The second-order valence-corrected chi connectivity index (χ2v) is 6.34. The van der Waals surface area contributed by atoms with Crippen LogP contribution in [-0.2, 0) is 9.59 Å². The van der Waals surface area contributed by atoms with Gasteiger partial charge in [-0.2, -0.15) is 0 Å². The first kappa shape index (κ1) is 15.0. The molecule has 0 spiro atoms. The highest BCUT2D eigenvalue weighted by Crippen LogP contribution is 2.22. The fourth-order valence-corrected chi connectivity index (χ4v) is 3.31. The molecule has 1 aliphatic carbocycles. The SMILES string of the molecule is Cc1ccc(NC(=O)C[C@@H]2N[C@@H]3CCCC[C@H]3NC2=O)cc1.